The summed E-state index contributed by atoms with van der Waals surface area (Å²) in [5.74, 6) is 1.50. The van der Waals surface area contributed by atoms with Crippen molar-refractivity contribution in [3.05, 3.63) is 53.1 Å². The van der Waals surface area contributed by atoms with Gasteiger partial charge in [-0.3, -0.25) is 4.79 Å². The fourth-order valence-electron chi connectivity index (χ4n) is 3.15. The first-order chi connectivity index (χ1) is 12.8. The SMILES string of the molecule is COc1ccc2c(c1)OC(C)(C)C[C@@H]2NC(=O)[C@@H](C)Sc1ccc(Cl)cc1. The standard InChI is InChI=1S/C21H24ClNO3S/c1-13(27-16-8-5-14(22)6-9-16)20(24)23-18-12-21(2,3)26-19-11-15(25-4)7-10-17(18)19/h5-11,13,18H,12H2,1-4H3,(H,23,24)/t13-,18+/m1/s1. The van der Waals surface area contributed by atoms with Crippen molar-refractivity contribution in [2.24, 2.45) is 0 Å². The summed E-state index contributed by atoms with van der Waals surface area (Å²) in [7, 11) is 1.63. The quantitative estimate of drug-likeness (QED) is 0.690. The largest absolute Gasteiger partial charge is 0.497 e. The number of ether oxygens (including phenoxy) is 2. The summed E-state index contributed by atoms with van der Waals surface area (Å²) in [5.41, 5.74) is 0.608. The lowest BCUT2D eigenvalue weighted by atomic mass is 9.89. The van der Waals surface area contributed by atoms with Crippen LogP contribution >= 0.6 is 23.4 Å². The molecule has 2 aromatic carbocycles. The smallest absolute Gasteiger partial charge is 0.233 e. The molecule has 1 aliphatic heterocycles. The van der Waals surface area contributed by atoms with Gasteiger partial charge in [0.1, 0.15) is 17.1 Å². The van der Waals surface area contributed by atoms with E-state index in [1.54, 1.807) is 7.11 Å². The Morgan fingerprint density at radius 2 is 2.00 bits per heavy atom. The highest BCUT2D eigenvalue weighted by Crippen LogP contribution is 2.41. The van der Waals surface area contributed by atoms with Gasteiger partial charge in [0.2, 0.25) is 5.91 Å². The van der Waals surface area contributed by atoms with Crippen LogP contribution in [0, 0.1) is 0 Å². The molecule has 0 saturated carbocycles. The molecule has 2 aromatic rings. The van der Waals surface area contributed by atoms with Crippen LogP contribution in [-0.2, 0) is 4.79 Å². The van der Waals surface area contributed by atoms with E-state index in [0.29, 0.717) is 11.4 Å². The van der Waals surface area contributed by atoms with Gasteiger partial charge in [-0.2, -0.15) is 0 Å². The Balaban J connectivity index is 1.74. The maximum atomic E-state index is 12.8. The lowest BCUT2D eigenvalue weighted by Crippen LogP contribution is -2.43. The minimum atomic E-state index is -0.371. The molecule has 4 nitrogen and oxygen atoms in total. The van der Waals surface area contributed by atoms with E-state index in [1.165, 1.54) is 11.8 Å². The van der Waals surface area contributed by atoms with Crippen LogP contribution in [0.1, 0.15) is 38.8 Å². The van der Waals surface area contributed by atoms with Gasteiger partial charge in [0.05, 0.1) is 18.4 Å². The van der Waals surface area contributed by atoms with E-state index in [1.807, 2.05) is 63.2 Å². The third kappa shape index (κ3) is 4.90. The van der Waals surface area contributed by atoms with E-state index >= 15 is 0 Å². The molecule has 27 heavy (non-hydrogen) atoms. The van der Waals surface area contributed by atoms with Crippen LogP contribution in [-0.4, -0.2) is 23.9 Å². The summed E-state index contributed by atoms with van der Waals surface area (Å²) in [5, 5.41) is 3.66. The van der Waals surface area contributed by atoms with Crippen molar-refractivity contribution < 1.29 is 14.3 Å². The molecule has 0 spiro atoms. The highest BCUT2D eigenvalue weighted by molar-refractivity contribution is 8.00. The van der Waals surface area contributed by atoms with E-state index in [0.717, 1.165) is 22.0 Å². The summed E-state index contributed by atoms with van der Waals surface area (Å²) in [6, 6.07) is 13.2. The molecule has 2 atom stereocenters. The molecule has 0 fully saturated rings. The van der Waals surface area contributed by atoms with E-state index in [2.05, 4.69) is 5.32 Å². The van der Waals surface area contributed by atoms with Gasteiger partial charge in [-0.05, 0) is 57.2 Å². The number of hydrogen-bond acceptors (Lipinski definition) is 4. The second kappa shape index (κ2) is 8.03. The molecule has 1 heterocycles. The van der Waals surface area contributed by atoms with Gasteiger partial charge in [-0.25, -0.2) is 0 Å². The van der Waals surface area contributed by atoms with Crippen molar-refractivity contribution in [2.75, 3.05) is 7.11 Å². The van der Waals surface area contributed by atoms with E-state index in [-0.39, 0.29) is 22.8 Å². The van der Waals surface area contributed by atoms with Crippen molar-refractivity contribution in [1.82, 2.24) is 5.32 Å². The number of hydrogen-bond donors (Lipinski definition) is 1. The first-order valence-electron chi connectivity index (χ1n) is 8.87. The molecule has 1 N–H and O–H groups in total. The van der Waals surface area contributed by atoms with Crippen molar-refractivity contribution >= 4 is 29.3 Å². The lowest BCUT2D eigenvalue weighted by molar-refractivity contribution is -0.121. The minimum Gasteiger partial charge on any atom is -0.497 e. The van der Waals surface area contributed by atoms with Gasteiger partial charge in [0, 0.05) is 28.0 Å². The second-order valence-electron chi connectivity index (χ2n) is 7.24. The third-order valence-corrected chi connectivity index (χ3v) is 5.85. The predicted octanol–water partition coefficient (Wildman–Crippen LogP) is 5.25. The number of carbonyl (C=O) groups excluding carboxylic acids is 1. The van der Waals surface area contributed by atoms with Crippen molar-refractivity contribution in [2.45, 2.75) is 49.0 Å². The fourth-order valence-corrected chi connectivity index (χ4v) is 4.15. The van der Waals surface area contributed by atoms with Crippen molar-refractivity contribution in [3.63, 3.8) is 0 Å². The van der Waals surface area contributed by atoms with Gasteiger partial charge in [-0.1, -0.05) is 11.6 Å². The molecule has 0 unspecified atom stereocenters. The van der Waals surface area contributed by atoms with Gasteiger partial charge in [-0.15, -0.1) is 11.8 Å². The summed E-state index contributed by atoms with van der Waals surface area (Å²) in [6.45, 7) is 5.97. The number of benzene rings is 2. The Labute approximate surface area is 169 Å². The average molecular weight is 406 g/mol. The summed E-state index contributed by atoms with van der Waals surface area (Å²) < 4.78 is 11.4. The number of fused-ring (bicyclic) bond motifs is 1. The number of nitrogens with one attached hydrogen (secondary N) is 1. The first kappa shape index (κ1) is 19.9. The average Bonchev–Trinajstić information content (AvgIpc) is 2.62. The number of methoxy groups -OCH3 is 1. The van der Waals surface area contributed by atoms with Crippen LogP contribution in [0.4, 0.5) is 0 Å². The Kier molecular flexibility index (Phi) is 5.92. The van der Waals surface area contributed by atoms with Crippen LogP contribution in [0.25, 0.3) is 0 Å². The van der Waals surface area contributed by atoms with E-state index in [4.69, 9.17) is 21.1 Å². The molecule has 0 saturated heterocycles. The number of amides is 1. The molecule has 0 radical (unpaired) electrons. The first-order valence-corrected chi connectivity index (χ1v) is 10.1. The monoisotopic (exact) mass is 405 g/mol. The Morgan fingerprint density at radius 1 is 1.30 bits per heavy atom. The summed E-state index contributed by atoms with van der Waals surface area (Å²) in [6.07, 6.45) is 0.705. The third-order valence-electron chi connectivity index (χ3n) is 4.49. The van der Waals surface area contributed by atoms with Gasteiger partial charge >= 0.3 is 0 Å². The zero-order valence-corrected chi connectivity index (χ0v) is 17.5. The Bertz CT molecular complexity index is 823. The van der Waals surface area contributed by atoms with Crippen LogP contribution in [0.2, 0.25) is 5.02 Å². The van der Waals surface area contributed by atoms with Gasteiger partial charge < -0.3 is 14.8 Å². The molecule has 0 bridgehead atoms. The minimum absolute atomic E-state index is 0.000539. The summed E-state index contributed by atoms with van der Waals surface area (Å²) in [4.78, 5) is 13.8. The Hall–Kier alpha value is -1.85. The molecule has 0 aromatic heterocycles. The highest BCUT2D eigenvalue weighted by atomic mass is 35.5. The van der Waals surface area contributed by atoms with Crippen molar-refractivity contribution in [3.8, 4) is 11.5 Å². The maximum absolute atomic E-state index is 12.8. The molecule has 1 amide bonds. The highest BCUT2D eigenvalue weighted by Gasteiger charge is 2.35. The lowest BCUT2D eigenvalue weighted by Gasteiger charge is -2.38. The fraction of sp³-hybridized carbons (Fsp3) is 0.381. The summed E-state index contributed by atoms with van der Waals surface area (Å²) >= 11 is 7.44. The van der Waals surface area contributed by atoms with Crippen LogP contribution in [0.3, 0.4) is 0 Å². The molecule has 6 heteroatoms. The van der Waals surface area contributed by atoms with Gasteiger partial charge in [0.25, 0.3) is 0 Å². The van der Waals surface area contributed by atoms with E-state index < -0.39 is 0 Å². The molecule has 144 valence electrons. The molecular formula is C21H24ClNO3S. The topological polar surface area (TPSA) is 47.6 Å². The van der Waals surface area contributed by atoms with Crippen LogP contribution in [0.5, 0.6) is 11.5 Å². The van der Waals surface area contributed by atoms with Crippen LogP contribution in [0.15, 0.2) is 47.4 Å². The molecule has 3 rings (SSSR count). The normalized spacial score (nSPS) is 18.8. The van der Waals surface area contributed by atoms with Crippen LogP contribution < -0.4 is 14.8 Å². The zero-order valence-electron chi connectivity index (χ0n) is 15.9. The zero-order chi connectivity index (χ0) is 19.6. The molecule has 0 aliphatic carbocycles. The van der Waals surface area contributed by atoms with E-state index in [9.17, 15) is 4.79 Å². The Morgan fingerprint density at radius 3 is 2.67 bits per heavy atom. The predicted molar refractivity (Wildman–Crippen MR) is 110 cm³/mol. The number of rotatable bonds is 5. The van der Waals surface area contributed by atoms with Gasteiger partial charge in [0.15, 0.2) is 0 Å². The molecular weight excluding hydrogens is 382 g/mol. The molecule has 1 aliphatic rings. The second-order valence-corrected chi connectivity index (χ2v) is 9.10. The number of thioether (sulfide) groups is 1. The number of halogens is 1. The number of carbonyl (C=O) groups is 1. The maximum Gasteiger partial charge on any atom is 0.233 e. The van der Waals surface area contributed by atoms with Crippen molar-refractivity contribution in [1.29, 1.82) is 0 Å².